The molecule has 1 rings (SSSR count). The molecule has 2 nitrogen and oxygen atoms in total. The molecule has 0 saturated carbocycles. The Bertz CT molecular complexity index is 385. The molecular formula is C19H34N2. The van der Waals surface area contributed by atoms with Gasteiger partial charge in [0.25, 0.3) is 0 Å². The van der Waals surface area contributed by atoms with Gasteiger partial charge in [0.05, 0.1) is 0 Å². The standard InChI is InChI=1S/C19H34N2/c1-7-13-20-19(18-11-9-16(4)10-12-18)17(5)21(6)14-15(3)8-2/h9-12,15,17,19-20H,7-8,13-14H2,1-6H3. The monoisotopic (exact) mass is 290 g/mol. The van der Waals surface area contributed by atoms with E-state index in [1.54, 1.807) is 0 Å². The van der Waals surface area contributed by atoms with E-state index in [4.69, 9.17) is 0 Å². The summed E-state index contributed by atoms with van der Waals surface area (Å²) in [6.45, 7) is 13.6. The molecule has 1 aromatic carbocycles. The van der Waals surface area contributed by atoms with Crippen molar-refractivity contribution < 1.29 is 0 Å². The quantitative estimate of drug-likeness (QED) is 0.725. The molecule has 0 aromatic heterocycles. The normalized spacial score (nSPS) is 16.0. The highest BCUT2D eigenvalue weighted by Crippen LogP contribution is 2.22. The van der Waals surface area contributed by atoms with Gasteiger partial charge in [-0.25, -0.2) is 0 Å². The zero-order valence-corrected chi connectivity index (χ0v) is 14.8. The molecule has 21 heavy (non-hydrogen) atoms. The second kappa shape index (κ2) is 9.22. The highest BCUT2D eigenvalue weighted by Gasteiger charge is 2.22. The highest BCUT2D eigenvalue weighted by molar-refractivity contribution is 5.25. The van der Waals surface area contributed by atoms with E-state index in [0.29, 0.717) is 12.1 Å². The highest BCUT2D eigenvalue weighted by atomic mass is 15.2. The fourth-order valence-electron chi connectivity index (χ4n) is 2.68. The van der Waals surface area contributed by atoms with Crippen molar-refractivity contribution in [1.29, 1.82) is 0 Å². The van der Waals surface area contributed by atoms with E-state index in [-0.39, 0.29) is 0 Å². The Balaban J connectivity index is 2.82. The fourth-order valence-corrected chi connectivity index (χ4v) is 2.68. The Morgan fingerprint density at radius 3 is 2.24 bits per heavy atom. The zero-order valence-electron chi connectivity index (χ0n) is 14.8. The molecular weight excluding hydrogens is 256 g/mol. The van der Waals surface area contributed by atoms with E-state index < -0.39 is 0 Å². The van der Waals surface area contributed by atoms with Crippen LogP contribution in [-0.4, -0.2) is 31.1 Å². The number of hydrogen-bond donors (Lipinski definition) is 1. The van der Waals surface area contributed by atoms with Crippen LogP contribution < -0.4 is 5.32 Å². The Morgan fingerprint density at radius 2 is 1.71 bits per heavy atom. The molecule has 120 valence electrons. The lowest BCUT2D eigenvalue weighted by Crippen LogP contribution is -2.42. The molecule has 0 bridgehead atoms. The van der Waals surface area contributed by atoms with E-state index in [2.05, 4.69) is 76.1 Å². The van der Waals surface area contributed by atoms with Crippen molar-refractivity contribution in [2.24, 2.45) is 5.92 Å². The third kappa shape index (κ3) is 5.80. The Kier molecular flexibility index (Phi) is 7.98. The van der Waals surface area contributed by atoms with Crippen molar-refractivity contribution in [2.45, 2.75) is 59.5 Å². The average Bonchev–Trinajstić information content (AvgIpc) is 2.48. The lowest BCUT2D eigenvalue weighted by atomic mass is 9.97. The van der Waals surface area contributed by atoms with Gasteiger partial charge in [-0.15, -0.1) is 0 Å². The lowest BCUT2D eigenvalue weighted by molar-refractivity contribution is 0.181. The van der Waals surface area contributed by atoms with Gasteiger partial charge in [-0.05, 0) is 45.3 Å². The molecule has 3 atom stereocenters. The molecule has 0 aliphatic heterocycles. The minimum absolute atomic E-state index is 0.402. The predicted molar refractivity (Wildman–Crippen MR) is 93.8 cm³/mol. The maximum Gasteiger partial charge on any atom is 0.0475 e. The number of rotatable bonds is 9. The number of hydrogen-bond acceptors (Lipinski definition) is 2. The summed E-state index contributed by atoms with van der Waals surface area (Å²) < 4.78 is 0. The minimum Gasteiger partial charge on any atom is -0.309 e. The van der Waals surface area contributed by atoms with Crippen LogP contribution in [-0.2, 0) is 0 Å². The lowest BCUT2D eigenvalue weighted by Gasteiger charge is -2.34. The maximum absolute atomic E-state index is 3.74. The van der Waals surface area contributed by atoms with Crippen LogP contribution in [0.2, 0.25) is 0 Å². The molecule has 0 aliphatic carbocycles. The molecule has 0 fully saturated rings. The summed E-state index contributed by atoms with van der Waals surface area (Å²) in [5, 5.41) is 3.74. The van der Waals surface area contributed by atoms with Gasteiger partial charge >= 0.3 is 0 Å². The Hall–Kier alpha value is -0.860. The maximum atomic E-state index is 3.74. The van der Waals surface area contributed by atoms with Crippen LogP contribution >= 0.6 is 0 Å². The zero-order chi connectivity index (χ0) is 15.8. The smallest absolute Gasteiger partial charge is 0.0475 e. The first-order valence-corrected chi connectivity index (χ1v) is 8.49. The van der Waals surface area contributed by atoms with Crippen LogP contribution in [0.4, 0.5) is 0 Å². The second-order valence-corrected chi connectivity index (χ2v) is 6.54. The van der Waals surface area contributed by atoms with E-state index in [1.807, 2.05) is 0 Å². The van der Waals surface area contributed by atoms with E-state index in [0.717, 1.165) is 19.0 Å². The summed E-state index contributed by atoms with van der Waals surface area (Å²) in [5.41, 5.74) is 2.73. The van der Waals surface area contributed by atoms with Crippen molar-refractivity contribution in [3.8, 4) is 0 Å². The third-order valence-corrected chi connectivity index (χ3v) is 4.52. The second-order valence-electron chi connectivity index (χ2n) is 6.54. The van der Waals surface area contributed by atoms with Gasteiger partial charge in [-0.2, -0.15) is 0 Å². The topological polar surface area (TPSA) is 15.3 Å². The minimum atomic E-state index is 0.402. The number of nitrogens with one attached hydrogen (secondary N) is 1. The fraction of sp³-hybridized carbons (Fsp3) is 0.684. The molecule has 1 aromatic rings. The molecule has 0 amide bonds. The largest absolute Gasteiger partial charge is 0.309 e. The first kappa shape index (κ1) is 18.2. The van der Waals surface area contributed by atoms with Crippen LogP contribution in [0.15, 0.2) is 24.3 Å². The summed E-state index contributed by atoms with van der Waals surface area (Å²) in [7, 11) is 2.26. The van der Waals surface area contributed by atoms with Crippen LogP contribution in [0.3, 0.4) is 0 Å². The van der Waals surface area contributed by atoms with Gasteiger partial charge in [0.1, 0.15) is 0 Å². The number of nitrogens with zero attached hydrogens (tertiary/aromatic N) is 1. The van der Waals surface area contributed by atoms with Crippen molar-refractivity contribution in [3.05, 3.63) is 35.4 Å². The van der Waals surface area contributed by atoms with Gasteiger partial charge < -0.3 is 10.2 Å². The van der Waals surface area contributed by atoms with Gasteiger partial charge in [-0.1, -0.05) is 57.0 Å². The summed E-state index contributed by atoms with van der Waals surface area (Å²) in [5.74, 6) is 0.752. The molecule has 0 radical (unpaired) electrons. The summed E-state index contributed by atoms with van der Waals surface area (Å²) in [4.78, 5) is 2.50. The van der Waals surface area contributed by atoms with Crippen molar-refractivity contribution in [2.75, 3.05) is 20.1 Å². The summed E-state index contributed by atoms with van der Waals surface area (Å²) >= 11 is 0. The van der Waals surface area contributed by atoms with E-state index in [9.17, 15) is 0 Å². The number of likely N-dealkylation sites (N-methyl/N-ethyl adjacent to an activating group) is 1. The Labute approximate surface area is 131 Å². The summed E-state index contributed by atoms with van der Waals surface area (Å²) in [6.07, 6.45) is 2.42. The van der Waals surface area contributed by atoms with Crippen LogP contribution in [0.25, 0.3) is 0 Å². The Morgan fingerprint density at radius 1 is 1.10 bits per heavy atom. The molecule has 0 saturated heterocycles. The van der Waals surface area contributed by atoms with Crippen molar-refractivity contribution in [3.63, 3.8) is 0 Å². The van der Waals surface area contributed by atoms with Gasteiger partial charge in [0.2, 0.25) is 0 Å². The van der Waals surface area contributed by atoms with E-state index in [1.165, 1.54) is 24.0 Å². The molecule has 0 spiro atoms. The number of aryl methyl sites for hydroxylation is 1. The van der Waals surface area contributed by atoms with E-state index >= 15 is 0 Å². The van der Waals surface area contributed by atoms with Crippen molar-refractivity contribution in [1.82, 2.24) is 10.2 Å². The molecule has 1 N–H and O–H groups in total. The SMILES string of the molecule is CCCNC(c1ccc(C)cc1)C(C)N(C)CC(C)CC. The molecule has 3 unspecified atom stereocenters. The summed E-state index contributed by atoms with van der Waals surface area (Å²) in [6, 6.07) is 9.88. The van der Waals surface area contributed by atoms with Gasteiger partial charge in [-0.3, -0.25) is 0 Å². The van der Waals surface area contributed by atoms with Crippen molar-refractivity contribution >= 4 is 0 Å². The first-order valence-electron chi connectivity index (χ1n) is 8.49. The first-order chi connectivity index (χ1) is 9.99. The molecule has 0 heterocycles. The van der Waals surface area contributed by atoms with Gasteiger partial charge in [0, 0.05) is 18.6 Å². The molecule has 0 aliphatic rings. The van der Waals surface area contributed by atoms with Crippen LogP contribution in [0.1, 0.15) is 57.7 Å². The van der Waals surface area contributed by atoms with Crippen LogP contribution in [0, 0.1) is 12.8 Å². The predicted octanol–water partition coefficient (Wildman–Crippen LogP) is 4.40. The molecule has 2 heteroatoms. The third-order valence-electron chi connectivity index (χ3n) is 4.52. The number of benzene rings is 1. The van der Waals surface area contributed by atoms with Crippen LogP contribution in [0.5, 0.6) is 0 Å². The average molecular weight is 290 g/mol. The van der Waals surface area contributed by atoms with Gasteiger partial charge in [0.15, 0.2) is 0 Å².